The molecule has 4 rings (SSSR count). The van der Waals surface area contributed by atoms with E-state index >= 15 is 0 Å². The highest BCUT2D eigenvalue weighted by molar-refractivity contribution is 6.12. The predicted molar refractivity (Wildman–Crippen MR) is 148 cm³/mol. The molecule has 0 aliphatic carbocycles. The first-order chi connectivity index (χ1) is 18.2. The normalized spacial score (nSPS) is 14.8. The molecule has 0 bridgehead atoms. The molecular formula is C29H34N6O3. The molecule has 198 valence electrons. The summed E-state index contributed by atoms with van der Waals surface area (Å²) in [6.45, 7) is 8.32. The van der Waals surface area contributed by atoms with Crippen molar-refractivity contribution in [2.24, 2.45) is 16.3 Å². The van der Waals surface area contributed by atoms with E-state index in [0.717, 1.165) is 42.7 Å². The van der Waals surface area contributed by atoms with Gasteiger partial charge < -0.3 is 10.2 Å². The SMILES string of the molecule is CN=C(Nc1cccc(-c2cncc(C(=O)N3CCC(C(C)(C)C)CC3)c2)c1)c1cccnc1N(O)C=O. The number of carbonyl (C=O) groups is 2. The van der Waals surface area contributed by atoms with Crippen molar-refractivity contribution >= 4 is 29.7 Å². The van der Waals surface area contributed by atoms with Crippen molar-refractivity contribution in [1.82, 2.24) is 14.9 Å². The molecule has 1 aromatic carbocycles. The number of hydroxylamine groups is 1. The summed E-state index contributed by atoms with van der Waals surface area (Å²) in [5, 5.41) is 13.6. The number of hydrogen-bond donors (Lipinski definition) is 2. The van der Waals surface area contributed by atoms with Crippen molar-refractivity contribution in [3.63, 3.8) is 0 Å². The Morgan fingerprint density at radius 3 is 2.58 bits per heavy atom. The predicted octanol–water partition coefficient (Wildman–Crippen LogP) is 4.88. The van der Waals surface area contributed by atoms with E-state index in [2.05, 4.69) is 41.0 Å². The zero-order valence-electron chi connectivity index (χ0n) is 22.3. The third kappa shape index (κ3) is 6.06. The Labute approximate surface area is 223 Å². The fourth-order valence-corrected chi connectivity index (χ4v) is 4.82. The van der Waals surface area contributed by atoms with Crippen LogP contribution < -0.4 is 10.4 Å². The number of pyridine rings is 2. The van der Waals surface area contributed by atoms with Gasteiger partial charge in [0, 0.05) is 50.0 Å². The number of amides is 2. The van der Waals surface area contributed by atoms with Gasteiger partial charge in [-0.05, 0) is 60.1 Å². The average molecular weight is 515 g/mol. The van der Waals surface area contributed by atoms with E-state index in [9.17, 15) is 14.8 Å². The molecule has 0 spiro atoms. The lowest BCUT2D eigenvalue weighted by atomic mass is 9.75. The quantitative estimate of drug-likeness (QED) is 0.159. The maximum absolute atomic E-state index is 13.3. The fourth-order valence-electron chi connectivity index (χ4n) is 4.82. The molecule has 1 saturated heterocycles. The lowest BCUT2D eigenvalue weighted by Gasteiger charge is -2.38. The van der Waals surface area contributed by atoms with Crippen LogP contribution in [-0.2, 0) is 4.79 Å². The van der Waals surface area contributed by atoms with Gasteiger partial charge in [-0.1, -0.05) is 32.9 Å². The number of hydrogen-bond acceptors (Lipinski definition) is 6. The largest absolute Gasteiger partial charge is 0.340 e. The first kappa shape index (κ1) is 26.9. The van der Waals surface area contributed by atoms with E-state index in [4.69, 9.17) is 0 Å². The van der Waals surface area contributed by atoms with Crippen LogP contribution in [0, 0.1) is 11.3 Å². The van der Waals surface area contributed by atoms with E-state index in [0.29, 0.717) is 27.9 Å². The number of piperidine rings is 1. The van der Waals surface area contributed by atoms with Crippen molar-refractivity contribution in [3.05, 3.63) is 72.2 Å². The number of nitrogens with one attached hydrogen (secondary N) is 1. The third-order valence-electron chi connectivity index (χ3n) is 7.03. The smallest absolute Gasteiger partial charge is 0.255 e. The summed E-state index contributed by atoms with van der Waals surface area (Å²) >= 11 is 0. The molecule has 1 fully saturated rings. The van der Waals surface area contributed by atoms with Gasteiger partial charge in [0.1, 0.15) is 5.84 Å². The summed E-state index contributed by atoms with van der Waals surface area (Å²) in [7, 11) is 1.61. The third-order valence-corrected chi connectivity index (χ3v) is 7.03. The van der Waals surface area contributed by atoms with Crippen LogP contribution in [0.2, 0.25) is 0 Å². The molecule has 0 radical (unpaired) electrons. The minimum atomic E-state index is 0.00855. The summed E-state index contributed by atoms with van der Waals surface area (Å²) in [5.74, 6) is 1.11. The van der Waals surface area contributed by atoms with E-state index in [1.165, 1.54) is 6.20 Å². The van der Waals surface area contributed by atoms with Gasteiger partial charge in [-0.3, -0.25) is 24.8 Å². The van der Waals surface area contributed by atoms with Crippen LogP contribution in [0.3, 0.4) is 0 Å². The van der Waals surface area contributed by atoms with Gasteiger partial charge in [-0.15, -0.1) is 0 Å². The number of nitrogens with zero attached hydrogens (tertiary/aromatic N) is 5. The monoisotopic (exact) mass is 514 g/mol. The zero-order valence-corrected chi connectivity index (χ0v) is 22.3. The summed E-state index contributed by atoms with van der Waals surface area (Å²) < 4.78 is 0. The Bertz CT molecular complexity index is 1330. The average Bonchev–Trinajstić information content (AvgIpc) is 2.95. The van der Waals surface area contributed by atoms with Crippen molar-refractivity contribution in [3.8, 4) is 11.1 Å². The molecule has 2 N–H and O–H groups in total. The number of aliphatic imine (C=N–C) groups is 1. The van der Waals surface area contributed by atoms with E-state index in [-0.39, 0.29) is 23.6 Å². The van der Waals surface area contributed by atoms with Gasteiger partial charge in [0.15, 0.2) is 5.82 Å². The molecule has 38 heavy (non-hydrogen) atoms. The van der Waals surface area contributed by atoms with Crippen LogP contribution in [0.1, 0.15) is 49.5 Å². The van der Waals surface area contributed by atoms with Crippen LogP contribution in [0.15, 0.2) is 66.0 Å². The first-order valence-electron chi connectivity index (χ1n) is 12.7. The standard InChI is InChI=1S/C29H34N6O3/c1-29(2,3)23-10-13-34(14-11-23)28(37)22-15-21(17-31-18-22)20-7-5-8-24(16-20)33-26(30-4)25-9-6-12-32-27(25)35(38)19-36/h5-9,12,15-19,23,38H,10-11,13-14H2,1-4H3,(H,30,33). The molecule has 1 aliphatic heterocycles. The van der Waals surface area contributed by atoms with E-state index in [1.807, 2.05) is 35.2 Å². The van der Waals surface area contributed by atoms with Crippen LogP contribution in [0.5, 0.6) is 0 Å². The number of carbonyl (C=O) groups excluding carboxylic acids is 2. The Morgan fingerprint density at radius 1 is 1.13 bits per heavy atom. The number of rotatable bonds is 6. The van der Waals surface area contributed by atoms with Gasteiger partial charge in [0.05, 0.1) is 11.1 Å². The number of likely N-dealkylation sites (tertiary alicyclic amines) is 1. The maximum Gasteiger partial charge on any atom is 0.255 e. The molecule has 2 amide bonds. The topological polar surface area (TPSA) is 111 Å². The highest BCUT2D eigenvalue weighted by Gasteiger charge is 2.30. The van der Waals surface area contributed by atoms with Crippen molar-refractivity contribution in [2.75, 3.05) is 30.5 Å². The van der Waals surface area contributed by atoms with Gasteiger partial charge in [0.2, 0.25) is 6.41 Å². The van der Waals surface area contributed by atoms with Crippen LogP contribution in [0.25, 0.3) is 11.1 Å². The lowest BCUT2D eigenvalue weighted by Crippen LogP contribution is -2.41. The molecule has 9 heteroatoms. The second-order valence-corrected chi connectivity index (χ2v) is 10.5. The summed E-state index contributed by atoms with van der Waals surface area (Å²) in [4.78, 5) is 39.0. The van der Waals surface area contributed by atoms with Gasteiger partial charge in [0.25, 0.3) is 5.91 Å². The molecule has 0 unspecified atom stereocenters. The molecule has 3 heterocycles. The lowest BCUT2D eigenvalue weighted by molar-refractivity contribution is -0.111. The zero-order chi connectivity index (χ0) is 27.3. The Morgan fingerprint density at radius 2 is 1.89 bits per heavy atom. The highest BCUT2D eigenvalue weighted by atomic mass is 16.5. The Kier molecular flexibility index (Phi) is 8.16. The maximum atomic E-state index is 13.3. The van der Waals surface area contributed by atoms with E-state index in [1.54, 1.807) is 31.6 Å². The van der Waals surface area contributed by atoms with Gasteiger partial charge >= 0.3 is 0 Å². The van der Waals surface area contributed by atoms with Gasteiger partial charge in [-0.25, -0.2) is 4.98 Å². The fraction of sp³-hybridized carbons (Fsp3) is 0.345. The molecule has 1 aliphatic rings. The molecule has 0 saturated carbocycles. The second-order valence-electron chi connectivity index (χ2n) is 10.5. The minimum Gasteiger partial charge on any atom is -0.340 e. The minimum absolute atomic E-state index is 0.00855. The van der Waals surface area contributed by atoms with Gasteiger partial charge in [-0.2, -0.15) is 5.06 Å². The number of amidine groups is 1. The number of benzene rings is 1. The second kappa shape index (κ2) is 11.5. The Balaban J connectivity index is 1.52. The van der Waals surface area contributed by atoms with Crippen LogP contribution in [-0.4, -0.2) is 58.4 Å². The van der Waals surface area contributed by atoms with Crippen LogP contribution in [0.4, 0.5) is 11.5 Å². The Hall–Kier alpha value is -4.11. The van der Waals surface area contributed by atoms with Crippen molar-refractivity contribution in [2.45, 2.75) is 33.6 Å². The molecule has 9 nitrogen and oxygen atoms in total. The molecule has 0 atom stereocenters. The summed E-state index contributed by atoms with van der Waals surface area (Å²) in [5.41, 5.74) is 3.71. The number of aromatic nitrogens is 2. The molecule has 2 aromatic heterocycles. The molecular weight excluding hydrogens is 480 g/mol. The molecule has 3 aromatic rings. The van der Waals surface area contributed by atoms with Crippen molar-refractivity contribution < 1.29 is 14.8 Å². The van der Waals surface area contributed by atoms with Crippen molar-refractivity contribution in [1.29, 1.82) is 0 Å². The highest BCUT2D eigenvalue weighted by Crippen LogP contribution is 2.34. The summed E-state index contributed by atoms with van der Waals surface area (Å²) in [6.07, 6.45) is 7.14. The van der Waals surface area contributed by atoms with Crippen LogP contribution >= 0.6 is 0 Å². The summed E-state index contributed by atoms with van der Waals surface area (Å²) in [6, 6.07) is 12.9. The van der Waals surface area contributed by atoms with E-state index < -0.39 is 0 Å². The number of anilines is 2. The first-order valence-corrected chi connectivity index (χ1v) is 12.7.